The molecule has 3 aliphatic heterocycles. The molecule has 39 heavy (non-hydrogen) atoms. The Morgan fingerprint density at radius 1 is 1.18 bits per heavy atom. The van der Waals surface area contributed by atoms with E-state index < -0.39 is 0 Å². The fourth-order valence-electron chi connectivity index (χ4n) is 5.76. The van der Waals surface area contributed by atoms with Gasteiger partial charge in [-0.05, 0) is 61.2 Å². The number of fused-ring (bicyclic) bond motifs is 3. The molecule has 4 heterocycles. The van der Waals surface area contributed by atoms with E-state index in [9.17, 15) is 9.59 Å². The molecule has 4 atom stereocenters. The topological polar surface area (TPSA) is 135 Å². The molecule has 0 amide bonds. The molecule has 206 valence electrons. The van der Waals surface area contributed by atoms with Crippen LogP contribution < -0.4 is 5.84 Å². The van der Waals surface area contributed by atoms with Crippen LogP contribution in [0.5, 0.6) is 0 Å². The Labute approximate surface area is 228 Å². The Morgan fingerprint density at radius 2 is 2.05 bits per heavy atom. The number of ether oxygens (including phenoxy) is 2. The van der Waals surface area contributed by atoms with Gasteiger partial charge in [0.25, 0.3) is 0 Å². The van der Waals surface area contributed by atoms with Crippen LogP contribution in [0.15, 0.2) is 45.8 Å². The Morgan fingerprint density at radius 3 is 2.87 bits per heavy atom. The molecule has 2 saturated heterocycles. The molecule has 1 aromatic heterocycles. The number of aliphatic imine (C=N–C) groups is 1. The molecule has 11 nitrogen and oxygen atoms in total. The molecule has 2 aromatic rings. The number of hydrogen-bond acceptors (Lipinski definition) is 9. The van der Waals surface area contributed by atoms with Gasteiger partial charge in [0, 0.05) is 50.8 Å². The smallest absolute Gasteiger partial charge is 0.338 e. The highest BCUT2D eigenvalue weighted by atomic mass is 16.5. The van der Waals surface area contributed by atoms with Gasteiger partial charge < -0.3 is 25.0 Å². The highest BCUT2D eigenvalue weighted by Crippen LogP contribution is 2.33. The van der Waals surface area contributed by atoms with Crippen LogP contribution in [0, 0.1) is 0 Å². The number of piperazine rings is 1. The number of aromatic nitrogens is 1. The Balaban J connectivity index is 0.000000169. The number of cyclic esters (lactones) is 1. The van der Waals surface area contributed by atoms with E-state index in [0.717, 1.165) is 75.0 Å². The number of nitrogens with two attached hydrogens (primary N) is 1. The van der Waals surface area contributed by atoms with E-state index in [0.29, 0.717) is 17.4 Å². The van der Waals surface area contributed by atoms with Gasteiger partial charge >= 0.3 is 5.97 Å². The van der Waals surface area contributed by atoms with Crippen LogP contribution in [-0.2, 0) is 27.1 Å². The highest BCUT2D eigenvalue weighted by Gasteiger charge is 2.34. The second-order valence-electron chi connectivity index (χ2n) is 10.6. The lowest BCUT2D eigenvalue weighted by Crippen LogP contribution is -2.57. The van der Waals surface area contributed by atoms with Crippen LogP contribution in [0.3, 0.4) is 0 Å². The van der Waals surface area contributed by atoms with Gasteiger partial charge in [0.1, 0.15) is 18.7 Å². The molecule has 4 aliphatic rings. The summed E-state index contributed by atoms with van der Waals surface area (Å²) in [6.07, 6.45) is 6.51. The lowest BCUT2D eigenvalue weighted by molar-refractivity contribution is -0.109. The van der Waals surface area contributed by atoms with Gasteiger partial charge in [0.2, 0.25) is 0 Å². The molecule has 0 radical (unpaired) electrons. The number of carbonyl (C=O) groups excluding carboxylic acids is 2. The zero-order valence-electron chi connectivity index (χ0n) is 22.4. The van der Waals surface area contributed by atoms with Gasteiger partial charge in [0.05, 0.1) is 18.3 Å². The van der Waals surface area contributed by atoms with Gasteiger partial charge in [-0.15, -0.1) is 5.11 Å². The van der Waals surface area contributed by atoms with Crippen molar-refractivity contribution in [2.24, 2.45) is 21.2 Å². The maximum Gasteiger partial charge on any atom is 0.338 e. The second kappa shape index (κ2) is 12.1. The first-order chi connectivity index (χ1) is 18.9. The molecule has 6 rings (SSSR count). The minimum atomic E-state index is -0.200. The first kappa shape index (κ1) is 27.0. The van der Waals surface area contributed by atoms with Crippen LogP contribution >= 0.6 is 0 Å². The summed E-state index contributed by atoms with van der Waals surface area (Å²) >= 11 is 0. The zero-order chi connectivity index (χ0) is 27.4. The molecule has 4 unspecified atom stereocenters. The average Bonchev–Trinajstić information content (AvgIpc) is 3.35. The van der Waals surface area contributed by atoms with Crippen molar-refractivity contribution in [3.8, 4) is 0 Å². The molecule has 1 aromatic carbocycles. The van der Waals surface area contributed by atoms with Crippen LogP contribution in [0.1, 0.15) is 58.0 Å². The number of likely N-dealkylation sites (N-methyl/N-ethyl adjacent to an activating group) is 1. The van der Waals surface area contributed by atoms with Crippen molar-refractivity contribution >= 4 is 24.4 Å². The van der Waals surface area contributed by atoms with Gasteiger partial charge in [-0.1, -0.05) is 17.4 Å². The average molecular weight is 534 g/mol. The predicted molar refractivity (Wildman–Crippen MR) is 145 cm³/mol. The van der Waals surface area contributed by atoms with E-state index in [4.69, 9.17) is 15.3 Å². The van der Waals surface area contributed by atoms with Crippen LogP contribution in [-0.4, -0.2) is 85.4 Å². The number of aryl methyl sites for hydroxylation is 1. The fourth-order valence-corrected chi connectivity index (χ4v) is 5.76. The standard InChI is InChI=1S/C18H24N2O3.C10H11N5O/c1-12-7-14-8-13(3-4-16(14)18(21)23-12)17-10-20-6-5-19(2)9-15(20)11-22-17;11-15-14-6-13-10-3-7-1-2-8(5-16)9(7)4-12-10/h3-4,8,12,15,17H,5-7,9-11H2,1-2H3;3-6,8H,1-2H2,(H2,11,12,13,14). The van der Waals surface area contributed by atoms with Crippen molar-refractivity contribution in [1.82, 2.24) is 14.8 Å². The summed E-state index contributed by atoms with van der Waals surface area (Å²) in [6.45, 7) is 6.98. The van der Waals surface area contributed by atoms with Gasteiger partial charge in [-0.25, -0.2) is 14.8 Å². The third-order valence-corrected chi connectivity index (χ3v) is 7.84. The van der Waals surface area contributed by atoms with Crippen molar-refractivity contribution in [2.75, 3.05) is 39.8 Å². The summed E-state index contributed by atoms with van der Waals surface area (Å²) < 4.78 is 11.4. The molecule has 1 aliphatic carbocycles. The third kappa shape index (κ3) is 6.21. The number of pyridine rings is 1. The van der Waals surface area contributed by atoms with Crippen LogP contribution in [0.25, 0.3) is 0 Å². The quantitative estimate of drug-likeness (QED) is 0.121. The zero-order valence-corrected chi connectivity index (χ0v) is 22.4. The molecular formula is C28H35N7O4. The fraction of sp³-hybridized carbons (Fsp3) is 0.500. The van der Waals surface area contributed by atoms with E-state index >= 15 is 0 Å². The van der Waals surface area contributed by atoms with Crippen molar-refractivity contribution < 1.29 is 19.1 Å². The number of carbonyl (C=O) groups is 2. The number of hydrogen-bond donors (Lipinski definition) is 1. The summed E-state index contributed by atoms with van der Waals surface area (Å²) in [5.74, 6) is 5.17. The lowest BCUT2D eigenvalue weighted by Gasteiger charge is -2.45. The predicted octanol–water partition coefficient (Wildman–Crippen LogP) is 2.77. The number of esters is 1. The summed E-state index contributed by atoms with van der Waals surface area (Å²) in [5.41, 5.74) is 5.12. The molecule has 0 bridgehead atoms. The summed E-state index contributed by atoms with van der Waals surface area (Å²) in [7, 11) is 2.17. The van der Waals surface area contributed by atoms with Crippen molar-refractivity contribution in [3.05, 3.63) is 58.3 Å². The first-order valence-corrected chi connectivity index (χ1v) is 13.4. The molecule has 0 saturated carbocycles. The number of nitrogens with zero attached hydrogens (tertiary/aromatic N) is 6. The molecule has 0 spiro atoms. The summed E-state index contributed by atoms with van der Waals surface area (Å²) in [4.78, 5) is 35.7. The van der Waals surface area contributed by atoms with Crippen molar-refractivity contribution in [1.29, 1.82) is 0 Å². The van der Waals surface area contributed by atoms with E-state index in [-0.39, 0.29) is 24.1 Å². The number of rotatable bonds is 4. The SMILES string of the molecule is CC1Cc2cc(C3CN4CCN(C)CC4CO3)ccc2C(=O)O1.NN=NC=Nc1cc2c(cn1)C(C=O)CC2. The second-order valence-corrected chi connectivity index (χ2v) is 10.6. The first-order valence-electron chi connectivity index (χ1n) is 13.4. The van der Waals surface area contributed by atoms with Gasteiger partial charge in [0.15, 0.2) is 5.82 Å². The largest absolute Gasteiger partial charge is 0.459 e. The normalized spacial score (nSPS) is 26.9. The Bertz CT molecular complexity index is 1270. The molecule has 2 N–H and O–H groups in total. The van der Waals surface area contributed by atoms with E-state index in [2.05, 4.69) is 43.2 Å². The van der Waals surface area contributed by atoms with Gasteiger partial charge in [-0.2, -0.15) is 0 Å². The Hall–Kier alpha value is -3.54. The number of morpholine rings is 1. The van der Waals surface area contributed by atoms with Crippen LogP contribution in [0.4, 0.5) is 5.82 Å². The highest BCUT2D eigenvalue weighted by molar-refractivity contribution is 5.92. The maximum absolute atomic E-state index is 11.9. The Kier molecular flexibility index (Phi) is 8.39. The number of benzene rings is 1. The van der Waals surface area contributed by atoms with E-state index in [1.165, 1.54) is 11.9 Å². The molecular weight excluding hydrogens is 498 g/mol. The minimum absolute atomic E-state index is 0.00995. The summed E-state index contributed by atoms with van der Waals surface area (Å²) in [5, 5.41) is 6.46. The van der Waals surface area contributed by atoms with E-state index in [1.54, 1.807) is 6.20 Å². The number of aldehydes is 1. The van der Waals surface area contributed by atoms with Crippen LogP contribution in [0.2, 0.25) is 0 Å². The molecule has 2 fully saturated rings. The summed E-state index contributed by atoms with van der Waals surface area (Å²) in [6, 6.07) is 8.45. The monoisotopic (exact) mass is 533 g/mol. The van der Waals surface area contributed by atoms with Crippen molar-refractivity contribution in [2.45, 2.75) is 50.4 Å². The maximum atomic E-state index is 11.9. The lowest BCUT2D eigenvalue weighted by atomic mass is 9.94. The third-order valence-electron chi connectivity index (χ3n) is 7.84. The van der Waals surface area contributed by atoms with Gasteiger partial charge in [-0.3, -0.25) is 4.90 Å². The van der Waals surface area contributed by atoms with E-state index in [1.807, 2.05) is 25.1 Å². The minimum Gasteiger partial charge on any atom is -0.459 e. The molecule has 11 heteroatoms. The van der Waals surface area contributed by atoms with Crippen molar-refractivity contribution in [3.63, 3.8) is 0 Å².